The van der Waals surface area contributed by atoms with Crippen molar-refractivity contribution in [3.8, 4) is 5.75 Å². The number of nitrogens with one attached hydrogen (secondary N) is 2. The minimum Gasteiger partial charge on any atom is -0.428 e. The Balaban J connectivity index is 1.92. The average molecular weight is 605 g/mol. The van der Waals surface area contributed by atoms with E-state index < -0.39 is 53.1 Å². The van der Waals surface area contributed by atoms with Crippen LogP contribution in [0.5, 0.6) is 5.75 Å². The van der Waals surface area contributed by atoms with Gasteiger partial charge in [0.2, 0.25) is 0 Å². The summed E-state index contributed by atoms with van der Waals surface area (Å²) in [6.07, 6.45) is -13.3. The number of carbonyl (C=O) groups is 1. The fraction of sp³-hybridized carbons (Fsp3) is 0.192. The van der Waals surface area contributed by atoms with Gasteiger partial charge in [0.25, 0.3) is 5.91 Å². The molecule has 216 valence electrons. The number of alkyl halides is 7. The second-order valence-corrected chi connectivity index (χ2v) is 9.12. The third-order valence-electron chi connectivity index (χ3n) is 5.79. The molecule has 2 N–H and O–H groups in total. The highest BCUT2D eigenvalue weighted by Crippen LogP contribution is 2.38. The summed E-state index contributed by atoms with van der Waals surface area (Å²) in [6.45, 7) is 0. The van der Waals surface area contributed by atoms with Crippen LogP contribution in [-0.4, -0.2) is 33.6 Å². The summed E-state index contributed by atoms with van der Waals surface area (Å²) in [5.41, 5.74) is -3.98. The van der Waals surface area contributed by atoms with Crippen LogP contribution >= 0.6 is 11.6 Å². The van der Waals surface area contributed by atoms with Crippen molar-refractivity contribution in [1.82, 2.24) is 20.5 Å². The zero-order chi connectivity index (χ0) is 30.0. The van der Waals surface area contributed by atoms with Gasteiger partial charge in [-0.2, -0.15) is 35.8 Å². The predicted molar refractivity (Wildman–Crippen MR) is 129 cm³/mol. The van der Waals surface area contributed by atoms with Gasteiger partial charge in [-0.1, -0.05) is 41.9 Å². The molecular weight excluding hydrogens is 588 g/mol. The van der Waals surface area contributed by atoms with E-state index in [0.717, 1.165) is 18.3 Å². The molecule has 2 aromatic heterocycles. The fourth-order valence-corrected chi connectivity index (χ4v) is 4.08. The highest BCUT2D eigenvalue weighted by atomic mass is 35.5. The lowest BCUT2D eigenvalue weighted by Gasteiger charge is -2.35. The number of hydrogen-bond donors (Lipinski definition) is 2. The molecular formula is C26H17ClF8N4O2. The minimum atomic E-state index is -5.00. The second kappa shape index (κ2) is 11.4. The topological polar surface area (TPSA) is 79.9 Å². The first-order valence-corrected chi connectivity index (χ1v) is 11.8. The smallest absolute Gasteiger partial charge is 0.428 e. The van der Waals surface area contributed by atoms with Crippen LogP contribution in [0, 0.1) is 5.82 Å². The fourth-order valence-electron chi connectivity index (χ4n) is 3.97. The number of benzene rings is 2. The lowest BCUT2D eigenvalue weighted by Crippen LogP contribution is -2.49. The Kier molecular flexibility index (Phi) is 8.24. The Hall–Kier alpha value is -4.20. The van der Waals surface area contributed by atoms with Crippen LogP contribution in [0.15, 0.2) is 72.9 Å². The van der Waals surface area contributed by atoms with Crippen molar-refractivity contribution in [3.05, 3.63) is 112 Å². The molecule has 0 spiro atoms. The van der Waals surface area contributed by atoms with Crippen LogP contribution < -0.4 is 10.1 Å². The number of rotatable bonds is 9. The van der Waals surface area contributed by atoms with Crippen molar-refractivity contribution >= 4 is 17.5 Å². The van der Waals surface area contributed by atoms with Crippen molar-refractivity contribution in [2.45, 2.75) is 30.7 Å². The molecule has 2 heterocycles. The molecule has 1 amide bonds. The van der Waals surface area contributed by atoms with E-state index in [-0.39, 0.29) is 22.7 Å². The molecule has 0 aliphatic carbocycles. The molecule has 4 rings (SSSR count). The number of H-pyrrole nitrogens is 1. The molecule has 41 heavy (non-hydrogen) atoms. The summed E-state index contributed by atoms with van der Waals surface area (Å²) >= 11 is 5.96. The number of carbonyl (C=O) groups excluding carboxylic acids is 1. The molecule has 4 aromatic rings. The van der Waals surface area contributed by atoms with E-state index in [1.807, 2.05) is 5.10 Å². The number of amides is 1. The van der Waals surface area contributed by atoms with Gasteiger partial charge in [0.15, 0.2) is 5.69 Å². The van der Waals surface area contributed by atoms with Crippen molar-refractivity contribution in [3.63, 3.8) is 0 Å². The van der Waals surface area contributed by atoms with Gasteiger partial charge in [-0.05, 0) is 35.4 Å². The normalized spacial score (nSPS) is 13.6. The highest BCUT2D eigenvalue weighted by Gasteiger charge is 2.45. The number of aromatic nitrogens is 3. The van der Waals surface area contributed by atoms with E-state index in [0.29, 0.717) is 17.7 Å². The molecule has 0 bridgehead atoms. The van der Waals surface area contributed by atoms with E-state index in [2.05, 4.69) is 20.1 Å². The summed E-state index contributed by atoms with van der Waals surface area (Å²) < 4.78 is 111. The molecule has 0 saturated carbocycles. The van der Waals surface area contributed by atoms with Gasteiger partial charge in [-0.25, -0.2) is 4.39 Å². The zero-order valence-electron chi connectivity index (χ0n) is 20.3. The number of ether oxygens (including phenoxy) is 1. The van der Waals surface area contributed by atoms with Gasteiger partial charge in [0.05, 0.1) is 10.7 Å². The monoisotopic (exact) mass is 604 g/mol. The third kappa shape index (κ3) is 6.76. The summed E-state index contributed by atoms with van der Waals surface area (Å²) in [6, 6.07) is 13.2. The van der Waals surface area contributed by atoms with Crippen molar-refractivity contribution in [2.24, 2.45) is 0 Å². The molecule has 1 atom stereocenters. The molecule has 15 heteroatoms. The Bertz CT molecular complexity index is 1510. The number of nitrogens with zero attached hydrogens (tertiary/aromatic N) is 2. The lowest BCUT2D eigenvalue weighted by atomic mass is 9.80. The largest absolute Gasteiger partial charge is 0.461 e. The van der Waals surface area contributed by atoms with E-state index in [1.165, 1.54) is 12.1 Å². The Morgan fingerprint density at radius 1 is 0.976 bits per heavy atom. The van der Waals surface area contributed by atoms with E-state index >= 15 is 0 Å². The van der Waals surface area contributed by atoms with Crippen LogP contribution in [0.25, 0.3) is 0 Å². The minimum absolute atomic E-state index is 0.0631. The number of hydrogen-bond acceptors (Lipinski definition) is 4. The Morgan fingerprint density at radius 2 is 1.68 bits per heavy atom. The first-order valence-electron chi connectivity index (χ1n) is 11.5. The summed E-state index contributed by atoms with van der Waals surface area (Å²) in [7, 11) is 0. The maximum Gasteiger partial charge on any atom is 0.461 e. The van der Waals surface area contributed by atoms with Crippen LogP contribution in [0.2, 0.25) is 5.02 Å². The SMILES string of the molecule is O=C(NC(Cc1ccccc1)(c1cc(F)cc(OC(F)(F)C(F)F)c1)c1ccc(Cl)cn1)c1cc(C(F)(F)F)n[nH]1. The molecule has 2 aromatic carbocycles. The van der Waals surface area contributed by atoms with Gasteiger partial charge >= 0.3 is 18.7 Å². The molecule has 1 unspecified atom stereocenters. The molecule has 0 radical (unpaired) electrons. The summed E-state index contributed by atoms with van der Waals surface area (Å²) in [5, 5.41) is 7.71. The van der Waals surface area contributed by atoms with Gasteiger partial charge < -0.3 is 10.1 Å². The van der Waals surface area contributed by atoms with Crippen LogP contribution in [-0.2, 0) is 18.1 Å². The molecule has 0 aliphatic rings. The van der Waals surface area contributed by atoms with Gasteiger partial charge in [0.1, 0.15) is 22.8 Å². The maximum atomic E-state index is 14.8. The maximum absolute atomic E-state index is 14.8. The van der Waals surface area contributed by atoms with Gasteiger partial charge in [0, 0.05) is 24.8 Å². The number of aromatic amines is 1. The van der Waals surface area contributed by atoms with Gasteiger partial charge in [-0.15, -0.1) is 0 Å². The molecule has 0 saturated heterocycles. The molecule has 0 fully saturated rings. The molecule has 0 aliphatic heterocycles. The lowest BCUT2D eigenvalue weighted by molar-refractivity contribution is -0.253. The quantitative estimate of drug-likeness (QED) is 0.207. The number of halogens is 9. The van der Waals surface area contributed by atoms with Crippen molar-refractivity contribution < 1.29 is 44.7 Å². The summed E-state index contributed by atoms with van der Waals surface area (Å²) in [5.74, 6) is -3.42. The van der Waals surface area contributed by atoms with E-state index in [4.69, 9.17) is 11.6 Å². The first-order chi connectivity index (χ1) is 19.2. The second-order valence-electron chi connectivity index (χ2n) is 8.69. The summed E-state index contributed by atoms with van der Waals surface area (Å²) in [4.78, 5) is 17.5. The zero-order valence-corrected chi connectivity index (χ0v) is 21.1. The van der Waals surface area contributed by atoms with Crippen LogP contribution in [0.4, 0.5) is 35.1 Å². The highest BCUT2D eigenvalue weighted by molar-refractivity contribution is 6.30. The average Bonchev–Trinajstić information content (AvgIpc) is 3.40. The third-order valence-corrected chi connectivity index (χ3v) is 6.01. The van der Waals surface area contributed by atoms with Gasteiger partial charge in [-0.3, -0.25) is 14.9 Å². The standard InChI is InChI=1S/C26H17ClF8N4O2/c27-16-6-7-20(36-13-16)24(12-14-4-2-1-3-5-14,37-22(40)19-11-21(39-38-19)25(31,32)33)15-8-17(28)10-18(9-15)41-26(34,35)23(29)30/h1-11,13,23H,12H2,(H,37,40)(H,38,39). The van der Waals surface area contributed by atoms with Crippen LogP contribution in [0.1, 0.15) is 33.0 Å². The van der Waals surface area contributed by atoms with Crippen molar-refractivity contribution in [1.29, 1.82) is 0 Å². The van der Waals surface area contributed by atoms with E-state index in [9.17, 15) is 39.9 Å². The Morgan fingerprint density at radius 3 is 2.27 bits per heavy atom. The van der Waals surface area contributed by atoms with E-state index in [1.54, 1.807) is 30.3 Å². The van der Waals surface area contributed by atoms with Crippen LogP contribution in [0.3, 0.4) is 0 Å². The molecule has 6 nitrogen and oxygen atoms in total. The number of pyridine rings is 1. The predicted octanol–water partition coefficient (Wildman–Crippen LogP) is 6.77. The van der Waals surface area contributed by atoms with Crippen molar-refractivity contribution in [2.75, 3.05) is 0 Å². The first kappa shape index (κ1) is 29.8. The Labute approximate surface area is 231 Å².